The Hall–Kier alpha value is -2.63. The molecule has 0 aliphatic carbocycles. The second kappa shape index (κ2) is 7.94. The van der Waals surface area contributed by atoms with Gasteiger partial charge in [-0.15, -0.1) is 0 Å². The smallest absolute Gasteiger partial charge is 0.127 e. The Kier molecular flexibility index (Phi) is 5.23. The highest BCUT2D eigenvalue weighted by molar-refractivity contribution is 5.63. The molecule has 1 aliphatic heterocycles. The molecule has 1 saturated heterocycles. The number of ether oxygens (including phenoxy) is 2. The van der Waals surface area contributed by atoms with Gasteiger partial charge in [0.05, 0.1) is 12.3 Å². The minimum Gasteiger partial charge on any atom is -0.457 e. The number of rotatable bonds is 6. The zero-order valence-corrected chi connectivity index (χ0v) is 15.8. The number of aryl methyl sites for hydroxylation is 1. The number of hydrogen-bond donors (Lipinski definition) is 0. The van der Waals surface area contributed by atoms with Crippen molar-refractivity contribution in [2.45, 2.75) is 19.0 Å². The van der Waals surface area contributed by atoms with Crippen LogP contribution in [0.2, 0.25) is 0 Å². The van der Waals surface area contributed by atoms with Crippen LogP contribution in [0, 0.1) is 0 Å². The van der Waals surface area contributed by atoms with E-state index in [0.717, 1.165) is 48.9 Å². The van der Waals surface area contributed by atoms with Crippen molar-refractivity contribution in [3.8, 4) is 22.8 Å². The van der Waals surface area contributed by atoms with Crippen molar-refractivity contribution in [2.24, 2.45) is 7.05 Å². The molecule has 1 atom stereocenters. The zero-order valence-electron chi connectivity index (χ0n) is 15.8. The summed E-state index contributed by atoms with van der Waals surface area (Å²) in [4.78, 5) is 2.36. The van der Waals surface area contributed by atoms with E-state index in [9.17, 15) is 0 Å². The molecule has 1 aromatic heterocycles. The van der Waals surface area contributed by atoms with Gasteiger partial charge in [-0.05, 0) is 49.9 Å². The van der Waals surface area contributed by atoms with Crippen LogP contribution in [0.5, 0.6) is 11.5 Å². The third-order valence-electron chi connectivity index (χ3n) is 4.96. The first kappa shape index (κ1) is 17.8. The lowest BCUT2D eigenvalue weighted by Crippen LogP contribution is -2.31. The highest BCUT2D eigenvalue weighted by Gasteiger charge is 2.22. The van der Waals surface area contributed by atoms with E-state index in [-0.39, 0.29) is 0 Å². The maximum absolute atomic E-state index is 5.89. The third kappa shape index (κ3) is 4.21. The minimum atomic E-state index is 0.486. The fourth-order valence-electron chi connectivity index (χ4n) is 3.47. The van der Waals surface area contributed by atoms with Crippen LogP contribution >= 0.6 is 0 Å². The topological polar surface area (TPSA) is 39.5 Å². The molecule has 0 spiro atoms. The molecule has 1 aliphatic rings. The van der Waals surface area contributed by atoms with Crippen molar-refractivity contribution in [2.75, 3.05) is 20.3 Å². The van der Waals surface area contributed by atoms with E-state index in [1.165, 1.54) is 5.56 Å². The van der Waals surface area contributed by atoms with Gasteiger partial charge in [0.1, 0.15) is 11.5 Å². The predicted octanol–water partition coefficient (Wildman–Crippen LogP) is 4.10. The van der Waals surface area contributed by atoms with Crippen molar-refractivity contribution >= 4 is 0 Å². The molecule has 0 amide bonds. The lowest BCUT2D eigenvalue weighted by Gasteiger charge is -2.22. The summed E-state index contributed by atoms with van der Waals surface area (Å²) in [5.41, 5.74) is 3.35. The van der Waals surface area contributed by atoms with Gasteiger partial charge in [0.15, 0.2) is 0 Å². The molecule has 5 heteroatoms. The number of hydrogen-bond acceptors (Lipinski definition) is 4. The monoisotopic (exact) mass is 363 g/mol. The molecule has 0 radical (unpaired) electrons. The van der Waals surface area contributed by atoms with Crippen LogP contribution in [0.1, 0.15) is 12.0 Å². The summed E-state index contributed by atoms with van der Waals surface area (Å²) in [6, 6.07) is 18.4. The van der Waals surface area contributed by atoms with Crippen LogP contribution < -0.4 is 4.74 Å². The van der Waals surface area contributed by atoms with Gasteiger partial charge in [-0.1, -0.05) is 18.2 Å². The first-order valence-corrected chi connectivity index (χ1v) is 9.33. The highest BCUT2D eigenvalue weighted by Crippen LogP contribution is 2.28. The minimum absolute atomic E-state index is 0.486. The van der Waals surface area contributed by atoms with Crippen molar-refractivity contribution in [3.05, 3.63) is 66.4 Å². The molecule has 2 heterocycles. The van der Waals surface area contributed by atoms with Crippen molar-refractivity contribution in [1.29, 1.82) is 0 Å². The van der Waals surface area contributed by atoms with Crippen LogP contribution in [-0.2, 0) is 18.3 Å². The maximum atomic E-state index is 5.89. The second-order valence-electron chi connectivity index (χ2n) is 7.05. The average Bonchev–Trinajstić information content (AvgIpc) is 3.33. The van der Waals surface area contributed by atoms with Gasteiger partial charge >= 0.3 is 0 Å². The molecule has 1 fully saturated rings. The molecule has 5 nitrogen and oxygen atoms in total. The van der Waals surface area contributed by atoms with E-state index in [2.05, 4.69) is 30.3 Å². The molecule has 0 N–H and O–H groups in total. The van der Waals surface area contributed by atoms with Crippen LogP contribution in [0.4, 0.5) is 0 Å². The summed E-state index contributed by atoms with van der Waals surface area (Å²) in [5, 5.41) is 4.69. The van der Waals surface area contributed by atoms with E-state index in [1.54, 1.807) is 0 Å². The predicted molar refractivity (Wildman–Crippen MR) is 106 cm³/mol. The van der Waals surface area contributed by atoms with Crippen molar-refractivity contribution < 1.29 is 9.47 Å². The Morgan fingerprint density at radius 3 is 2.56 bits per heavy atom. The lowest BCUT2D eigenvalue weighted by molar-refractivity contribution is 0.156. The third-order valence-corrected chi connectivity index (χ3v) is 4.96. The summed E-state index contributed by atoms with van der Waals surface area (Å²) < 4.78 is 13.3. The Labute approximate surface area is 160 Å². The number of nitrogens with zero attached hydrogens (tertiary/aromatic N) is 3. The van der Waals surface area contributed by atoms with Crippen LogP contribution in [0.15, 0.2) is 60.8 Å². The fourth-order valence-corrected chi connectivity index (χ4v) is 3.47. The van der Waals surface area contributed by atoms with Crippen LogP contribution in [-0.4, -0.2) is 41.0 Å². The van der Waals surface area contributed by atoms with Gasteiger partial charge in [0.25, 0.3) is 0 Å². The van der Waals surface area contributed by atoms with Gasteiger partial charge < -0.3 is 9.47 Å². The summed E-state index contributed by atoms with van der Waals surface area (Å²) in [6.45, 7) is 2.54. The summed E-state index contributed by atoms with van der Waals surface area (Å²) in [6.07, 6.45) is 3.20. The molecule has 27 heavy (non-hydrogen) atoms. The SMILES string of the molecule is CN(Cc1cn(C)nc1-c1ccc(Oc2ccccc2)cc1)[C@H]1CCOC1. The van der Waals surface area contributed by atoms with Crippen molar-refractivity contribution in [1.82, 2.24) is 14.7 Å². The van der Waals surface area contributed by atoms with Crippen LogP contribution in [0.3, 0.4) is 0 Å². The van der Waals surface area contributed by atoms with Crippen LogP contribution in [0.25, 0.3) is 11.3 Å². The Balaban J connectivity index is 1.51. The largest absolute Gasteiger partial charge is 0.457 e. The summed E-state index contributed by atoms with van der Waals surface area (Å²) in [5.74, 6) is 1.66. The molecular formula is C22H25N3O2. The molecule has 0 saturated carbocycles. The zero-order chi connectivity index (χ0) is 18.6. The summed E-state index contributed by atoms with van der Waals surface area (Å²) in [7, 11) is 4.13. The van der Waals surface area contributed by atoms with E-state index in [0.29, 0.717) is 6.04 Å². The van der Waals surface area contributed by atoms with E-state index >= 15 is 0 Å². The Morgan fingerprint density at radius 2 is 1.85 bits per heavy atom. The van der Waals surface area contributed by atoms with E-state index in [1.807, 2.05) is 54.2 Å². The molecule has 4 rings (SSSR count). The quantitative estimate of drug-likeness (QED) is 0.661. The molecular weight excluding hydrogens is 338 g/mol. The molecule has 3 aromatic rings. The number of aromatic nitrogens is 2. The number of likely N-dealkylation sites (N-methyl/N-ethyl adjacent to an activating group) is 1. The fraction of sp³-hybridized carbons (Fsp3) is 0.318. The normalized spacial score (nSPS) is 16.8. The van der Waals surface area contributed by atoms with E-state index < -0.39 is 0 Å². The van der Waals surface area contributed by atoms with Gasteiger partial charge in [0.2, 0.25) is 0 Å². The average molecular weight is 363 g/mol. The summed E-state index contributed by atoms with van der Waals surface area (Å²) >= 11 is 0. The maximum Gasteiger partial charge on any atom is 0.127 e. The number of para-hydroxylation sites is 1. The standard InChI is InChI=1S/C22H25N3O2/c1-24(19-12-13-26-16-19)14-18-15-25(2)23-22(18)17-8-10-21(11-9-17)27-20-6-4-3-5-7-20/h3-11,15,19H,12-14,16H2,1-2H3/t19-/m0/s1. The Bertz CT molecular complexity index is 868. The Morgan fingerprint density at radius 1 is 1.11 bits per heavy atom. The first-order valence-electron chi connectivity index (χ1n) is 9.33. The first-order chi connectivity index (χ1) is 13.2. The second-order valence-corrected chi connectivity index (χ2v) is 7.05. The van der Waals surface area contributed by atoms with Gasteiger partial charge in [0, 0.05) is 43.6 Å². The van der Waals surface area contributed by atoms with Gasteiger partial charge in [-0.2, -0.15) is 5.10 Å². The molecule has 0 unspecified atom stereocenters. The molecule has 0 bridgehead atoms. The molecule has 140 valence electrons. The van der Waals surface area contributed by atoms with Gasteiger partial charge in [-0.3, -0.25) is 9.58 Å². The van der Waals surface area contributed by atoms with Gasteiger partial charge in [-0.25, -0.2) is 0 Å². The van der Waals surface area contributed by atoms with E-state index in [4.69, 9.17) is 14.6 Å². The van der Waals surface area contributed by atoms with Crippen molar-refractivity contribution in [3.63, 3.8) is 0 Å². The number of benzene rings is 2. The molecule has 2 aromatic carbocycles. The lowest BCUT2D eigenvalue weighted by atomic mass is 10.1. The highest BCUT2D eigenvalue weighted by atomic mass is 16.5.